The van der Waals surface area contributed by atoms with Crippen LogP contribution in [0.1, 0.15) is 50.5 Å². The Morgan fingerprint density at radius 3 is 2.15 bits per heavy atom. The summed E-state index contributed by atoms with van der Waals surface area (Å²) in [5.74, 6) is -1.37. The van der Waals surface area contributed by atoms with Crippen LogP contribution in [0.2, 0.25) is 0 Å². The molecule has 0 saturated carbocycles. The van der Waals surface area contributed by atoms with Crippen molar-refractivity contribution < 1.29 is 19.0 Å². The lowest BCUT2D eigenvalue weighted by Gasteiger charge is -2.30. The minimum Gasteiger partial charge on any atom is -0.465 e. The summed E-state index contributed by atoms with van der Waals surface area (Å²) >= 11 is 0. The van der Waals surface area contributed by atoms with E-state index in [4.69, 9.17) is 14.2 Å². The van der Waals surface area contributed by atoms with E-state index in [1.165, 1.54) is 13.3 Å². The lowest BCUT2D eigenvalue weighted by molar-refractivity contribution is -0.186. The molecule has 110 valence electrons. The zero-order valence-corrected chi connectivity index (χ0v) is 12.8. The minimum absolute atomic E-state index is 0.376. The smallest absolute Gasteiger partial charge is 0.339 e. The molecule has 1 fully saturated rings. The summed E-state index contributed by atoms with van der Waals surface area (Å²) in [6.07, 6.45) is 3.11. The number of pyridine rings is 1. The Balaban J connectivity index is 2.40. The first kappa shape index (κ1) is 14.9. The number of carbonyl (C=O) groups is 1. The second kappa shape index (κ2) is 4.53. The predicted octanol–water partition coefficient (Wildman–Crippen LogP) is 2.64. The molecule has 0 atom stereocenters. The SMILES string of the molecule is COC(=O)c1cncc(C2(C)OC(C)(C)C(C)(C)O2)c1. The maximum absolute atomic E-state index is 11.6. The maximum atomic E-state index is 11.6. The van der Waals surface area contributed by atoms with Crippen molar-refractivity contribution in [3.05, 3.63) is 29.6 Å². The van der Waals surface area contributed by atoms with Gasteiger partial charge in [-0.2, -0.15) is 0 Å². The standard InChI is InChI=1S/C15H21NO4/c1-13(2)14(3,4)20-15(5,19-13)11-7-10(8-16-9-11)12(17)18-6/h7-9H,1-6H3. The monoisotopic (exact) mass is 279 g/mol. The summed E-state index contributed by atoms with van der Waals surface area (Å²) in [7, 11) is 1.34. The molecule has 1 saturated heterocycles. The van der Waals surface area contributed by atoms with E-state index >= 15 is 0 Å². The second-order valence-corrected chi connectivity index (χ2v) is 6.12. The number of rotatable bonds is 2. The number of hydrogen-bond donors (Lipinski definition) is 0. The van der Waals surface area contributed by atoms with Gasteiger partial charge in [-0.1, -0.05) is 0 Å². The van der Waals surface area contributed by atoms with Crippen LogP contribution in [0.25, 0.3) is 0 Å². The van der Waals surface area contributed by atoms with Crippen LogP contribution < -0.4 is 0 Å². The minimum atomic E-state index is -0.940. The van der Waals surface area contributed by atoms with E-state index in [0.717, 1.165) is 0 Å². The van der Waals surface area contributed by atoms with Crippen LogP contribution in [-0.2, 0) is 20.0 Å². The lowest BCUT2D eigenvalue weighted by Crippen LogP contribution is -2.41. The van der Waals surface area contributed by atoms with Gasteiger partial charge in [0.05, 0.1) is 23.9 Å². The highest BCUT2D eigenvalue weighted by molar-refractivity contribution is 5.89. The summed E-state index contributed by atoms with van der Waals surface area (Å²) in [5, 5.41) is 0. The van der Waals surface area contributed by atoms with Crippen molar-refractivity contribution >= 4 is 5.97 Å². The number of esters is 1. The Kier molecular flexibility index (Phi) is 3.38. The van der Waals surface area contributed by atoms with Crippen molar-refractivity contribution in [2.75, 3.05) is 7.11 Å². The van der Waals surface area contributed by atoms with E-state index in [1.54, 1.807) is 12.3 Å². The van der Waals surface area contributed by atoms with Gasteiger partial charge < -0.3 is 14.2 Å². The van der Waals surface area contributed by atoms with Crippen LogP contribution in [0, 0.1) is 0 Å². The van der Waals surface area contributed by atoms with E-state index in [2.05, 4.69) is 4.98 Å². The third-order valence-corrected chi connectivity index (χ3v) is 4.03. The fraction of sp³-hybridized carbons (Fsp3) is 0.600. The third-order valence-electron chi connectivity index (χ3n) is 4.03. The Hall–Kier alpha value is -1.46. The Morgan fingerprint density at radius 1 is 1.10 bits per heavy atom. The molecule has 1 aromatic rings. The van der Waals surface area contributed by atoms with Crippen LogP contribution >= 0.6 is 0 Å². The molecular weight excluding hydrogens is 258 g/mol. The molecule has 0 aliphatic carbocycles. The van der Waals surface area contributed by atoms with Gasteiger partial charge in [-0.15, -0.1) is 0 Å². The summed E-state index contributed by atoms with van der Waals surface area (Å²) in [5.41, 5.74) is 0.159. The molecule has 1 aliphatic heterocycles. The number of ether oxygens (including phenoxy) is 3. The molecule has 20 heavy (non-hydrogen) atoms. The van der Waals surface area contributed by atoms with Crippen LogP contribution in [0.5, 0.6) is 0 Å². The lowest BCUT2D eigenvalue weighted by atomic mass is 9.90. The Morgan fingerprint density at radius 2 is 1.65 bits per heavy atom. The average Bonchev–Trinajstić information content (AvgIpc) is 2.53. The van der Waals surface area contributed by atoms with Crippen molar-refractivity contribution in [3.8, 4) is 0 Å². The first-order chi connectivity index (χ1) is 9.11. The van der Waals surface area contributed by atoms with Gasteiger partial charge >= 0.3 is 5.97 Å². The van der Waals surface area contributed by atoms with Crippen molar-refractivity contribution in [2.45, 2.75) is 51.6 Å². The molecule has 0 radical (unpaired) electrons. The topological polar surface area (TPSA) is 57.7 Å². The first-order valence-electron chi connectivity index (χ1n) is 6.55. The molecule has 2 rings (SSSR count). The largest absolute Gasteiger partial charge is 0.465 e. The van der Waals surface area contributed by atoms with Crippen molar-refractivity contribution in [1.82, 2.24) is 4.98 Å². The van der Waals surface area contributed by atoms with E-state index < -0.39 is 23.0 Å². The van der Waals surface area contributed by atoms with Gasteiger partial charge in [-0.05, 0) is 40.7 Å². The average molecular weight is 279 g/mol. The quantitative estimate of drug-likeness (QED) is 0.779. The molecule has 0 amide bonds. The van der Waals surface area contributed by atoms with Gasteiger partial charge in [0.25, 0.3) is 0 Å². The first-order valence-corrected chi connectivity index (χ1v) is 6.55. The molecule has 0 unspecified atom stereocenters. The Bertz CT molecular complexity index is 520. The molecule has 1 aliphatic rings. The van der Waals surface area contributed by atoms with Gasteiger partial charge in [-0.25, -0.2) is 4.79 Å². The second-order valence-electron chi connectivity index (χ2n) is 6.12. The van der Waals surface area contributed by atoms with Gasteiger partial charge in [0.2, 0.25) is 0 Å². The van der Waals surface area contributed by atoms with Gasteiger partial charge in [0.15, 0.2) is 5.79 Å². The Labute approximate surface area is 119 Å². The fourth-order valence-electron chi connectivity index (χ4n) is 2.28. The van der Waals surface area contributed by atoms with Crippen LogP contribution in [0.4, 0.5) is 0 Å². The highest BCUT2D eigenvalue weighted by Gasteiger charge is 2.55. The summed E-state index contributed by atoms with van der Waals surface area (Å²) < 4.78 is 16.9. The van der Waals surface area contributed by atoms with Crippen LogP contribution in [0.3, 0.4) is 0 Å². The van der Waals surface area contributed by atoms with Gasteiger partial charge in [-0.3, -0.25) is 4.98 Å². The molecule has 2 heterocycles. The third kappa shape index (κ3) is 2.31. The van der Waals surface area contributed by atoms with Gasteiger partial charge in [0, 0.05) is 18.0 Å². The molecule has 1 aromatic heterocycles. The van der Waals surface area contributed by atoms with Crippen molar-refractivity contribution in [2.24, 2.45) is 0 Å². The zero-order chi connectivity index (χ0) is 15.2. The van der Waals surface area contributed by atoms with E-state index in [9.17, 15) is 4.79 Å². The number of aromatic nitrogens is 1. The van der Waals surface area contributed by atoms with Crippen molar-refractivity contribution in [1.29, 1.82) is 0 Å². The number of hydrogen-bond acceptors (Lipinski definition) is 5. The van der Waals surface area contributed by atoms with E-state index in [0.29, 0.717) is 11.1 Å². The van der Waals surface area contributed by atoms with E-state index in [1.807, 2.05) is 34.6 Å². The fourth-order valence-corrected chi connectivity index (χ4v) is 2.28. The summed E-state index contributed by atoms with van der Waals surface area (Å²) in [6, 6.07) is 1.69. The molecule has 0 aromatic carbocycles. The molecule has 0 N–H and O–H groups in total. The van der Waals surface area contributed by atoms with E-state index in [-0.39, 0.29) is 0 Å². The number of nitrogens with zero attached hydrogens (tertiary/aromatic N) is 1. The number of methoxy groups -OCH3 is 1. The highest BCUT2D eigenvalue weighted by atomic mass is 16.8. The maximum Gasteiger partial charge on any atom is 0.339 e. The molecule has 0 bridgehead atoms. The van der Waals surface area contributed by atoms with Crippen LogP contribution in [-0.4, -0.2) is 29.3 Å². The summed E-state index contributed by atoms with van der Waals surface area (Å²) in [4.78, 5) is 15.7. The van der Waals surface area contributed by atoms with Gasteiger partial charge in [0.1, 0.15) is 0 Å². The molecule has 5 heteroatoms. The number of carbonyl (C=O) groups excluding carboxylic acids is 1. The highest BCUT2D eigenvalue weighted by Crippen LogP contribution is 2.48. The molecule has 5 nitrogen and oxygen atoms in total. The molecular formula is C15H21NO4. The predicted molar refractivity (Wildman–Crippen MR) is 73.3 cm³/mol. The van der Waals surface area contributed by atoms with Crippen molar-refractivity contribution in [3.63, 3.8) is 0 Å². The molecule has 0 spiro atoms. The van der Waals surface area contributed by atoms with Crippen LogP contribution in [0.15, 0.2) is 18.5 Å². The zero-order valence-electron chi connectivity index (χ0n) is 12.8. The normalized spacial score (nSPS) is 22.5. The summed E-state index contributed by atoms with van der Waals surface area (Å²) in [6.45, 7) is 9.76.